The van der Waals surface area contributed by atoms with Crippen LogP contribution < -0.4 is 25.4 Å². The van der Waals surface area contributed by atoms with Crippen LogP contribution in [-0.2, 0) is 10.8 Å². The molecule has 0 spiro atoms. The molecule has 3 nitrogen and oxygen atoms in total. The Morgan fingerprint density at radius 3 is 1.74 bits per heavy atom. The average molecular weight is 526 g/mol. The van der Waals surface area contributed by atoms with E-state index >= 15 is 0 Å². The summed E-state index contributed by atoms with van der Waals surface area (Å²) in [5.74, 6) is 1.72. The van der Waals surface area contributed by atoms with Gasteiger partial charge in [0, 0.05) is 11.8 Å². The second-order valence-corrected chi connectivity index (χ2v) is 14.0. The minimum absolute atomic E-state index is 0.0177. The number of benzene rings is 3. The molecule has 4 heteroatoms. The van der Waals surface area contributed by atoms with Crippen molar-refractivity contribution in [1.29, 1.82) is 0 Å². The second kappa shape index (κ2) is 10.9. The topological polar surface area (TPSA) is 31.4 Å². The van der Waals surface area contributed by atoms with E-state index in [0.29, 0.717) is 0 Å². The molecule has 0 aliphatic carbocycles. The number of methoxy groups -OCH3 is 2. The maximum Gasteiger partial charge on any atom is 0.119 e. The zero-order chi connectivity index (χ0) is 27.7. The highest BCUT2D eigenvalue weighted by Crippen LogP contribution is 2.44. The largest absolute Gasteiger partial charge is 0.497 e. The van der Waals surface area contributed by atoms with Crippen LogP contribution in [0.1, 0.15) is 58.2 Å². The molecule has 0 radical (unpaired) electrons. The van der Waals surface area contributed by atoms with Crippen molar-refractivity contribution in [3.63, 3.8) is 0 Å². The van der Waals surface area contributed by atoms with E-state index in [9.17, 15) is 0 Å². The van der Waals surface area contributed by atoms with Crippen LogP contribution in [0.4, 0.5) is 0 Å². The molecule has 1 heterocycles. The van der Waals surface area contributed by atoms with Gasteiger partial charge >= 0.3 is 0 Å². The molecule has 0 saturated carbocycles. The van der Waals surface area contributed by atoms with E-state index in [4.69, 9.17) is 14.5 Å². The highest BCUT2D eigenvalue weighted by atomic mass is 31.1. The minimum Gasteiger partial charge on any atom is -0.497 e. The summed E-state index contributed by atoms with van der Waals surface area (Å²) in [6.07, 6.45) is 1.91. The van der Waals surface area contributed by atoms with Gasteiger partial charge in [0.05, 0.1) is 19.9 Å². The number of aryl methyl sites for hydroxylation is 1. The molecule has 0 saturated heterocycles. The lowest BCUT2D eigenvalue weighted by atomic mass is 9.77. The normalized spacial score (nSPS) is 12.1. The molecule has 0 atom stereocenters. The van der Waals surface area contributed by atoms with Gasteiger partial charge in [-0.2, -0.15) is 0 Å². The molecule has 0 unspecified atom stereocenters. The van der Waals surface area contributed by atoms with Crippen LogP contribution >= 0.6 is 7.92 Å². The van der Waals surface area contributed by atoms with Gasteiger partial charge in [0.2, 0.25) is 0 Å². The van der Waals surface area contributed by atoms with Crippen LogP contribution in [0.15, 0.2) is 79.0 Å². The van der Waals surface area contributed by atoms with Gasteiger partial charge in [-0.1, -0.05) is 77.9 Å². The molecule has 0 aliphatic heterocycles. The molecule has 0 fully saturated rings. The average Bonchev–Trinajstić information content (AvgIpc) is 2.88. The summed E-state index contributed by atoms with van der Waals surface area (Å²) in [6.45, 7) is 16.0. The van der Waals surface area contributed by atoms with Gasteiger partial charge in [-0.05, 0) is 94.7 Å². The van der Waals surface area contributed by atoms with E-state index in [1.54, 1.807) is 14.2 Å². The first-order valence-electron chi connectivity index (χ1n) is 13.1. The van der Waals surface area contributed by atoms with Crippen molar-refractivity contribution in [2.45, 2.75) is 59.3 Å². The van der Waals surface area contributed by atoms with Crippen molar-refractivity contribution in [2.75, 3.05) is 14.2 Å². The highest BCUT2D eigenvalue weighted by Gasteiger charge is 2.31. The Labute approximate surface area is 230 Å². The molecule has 0 bridgehead atoms. The lowest BCUT2D eigenvalue weighted by Crippen LogP contribution is -2.28. The van der Waals surface area contributed by atoms with Crippen molar-refractivity contribution in [3.8, 4) is 22.8 Å². The Balaban J connectivity index is 2.20. The molecule has 0 aliphatic rings. The Morgan fingerprint density at radius 2 is 1.26 bits per heavy atom. The quantitative estimate of drug-likeness (QED) is 0.245. The first kappa shape index (κ1) is 27.9. The standard InChI is InChI=1S/C34H40NO2P/c1-23-13-12-18-35-32(23)31-29(34(5,6)7)19-24(33(2,3)4)20-30(31)38(27-16-10-14-25(21-27)36-8)28-17-11-15-26(22-28)37-9/h10-22H,1-9H3. The molecule has 198 valence electrons. The monoisotopic (exact) mass is 525 g/mol. The van der Waals surface area contributed by atoms with Gasteiger partial charge in [-0.15, -0.1) is 0 Å². The summed E-state index contributed by atoms with van der Waals surface area (Å²) in [4.78, 5) is 4.97. The smallest absolute Gasteiger partial charge is 0.119 e. The Morgan fingerprint density at radius 1 is 0.684 bits per heavy atom. The highest BCUT2D eigenvalue weighted by molar-refractivity contribution is 7.80. The Kier molecular flexibility index (Phi) is 8.00. The second-order valence-electron chi connectivity index (χ2n) is 11.8. The predicted octanol–water partition coefficient (Wildman–Crippen LogP) is 7.43. The van der Waals surface area contributed by atoms with E-state index in [1.165, 1.54) is 38.2 Å². The van der Waals surface area contributed by atoms with Gasteiger partial charge in [0.15, 0.2) is 0 Å². The van der Waals surface area contributed by atoms with E-state index in [-0.39, 0.29) is 10.8 Å². The third kappa shape index (κ3) is 5.79. The number of nitrogens with zero attached hydrogens (tertiary/aromatic N) is 1. The minimum atomic E-state index is -0.973. The molecule has 4 rings (SSSR count). The van der Waals surface area contributed by atoms with Gasteiger partial charge < -0.3 is 9.47 Å². The fraction of sp³-hybridized carbons (Fsp3) is 0.324. The van der Waals surface area contributed by atoms with Crippen molar-refractivity contribution in [1.82, 2.24) is 4.98 Å². The van der Waals surface area contributed by atoms with Crippen molar-refractivity contribution < 1.29 is 9.47 Å². The van der Waals surface area contributed by atoms with Crippen LogP contribution in [0.3, 0.4) is 0 Å². The molecular formula is C34H40NO2P. The number of rotatable bonds is 6. The van der Waals surface area contributed by atoms with Gasteiger partial charge in [-0.3, -0.25) is 4.98 Å². The van der Waals surface area contributed by atoms with Gasteiger partial charge in [0.25, 0.3) is 0 Å². The summed E-state index contributed by atoms with van der Waals surface area (Å²) < 4.78 is 11.4. The fourth-order valence-corrected chi connectivity index (χ4v) is 7.31. The van der Waals surface area contributed by atoms with E-state index in [1.807, 2.05) is 24.4 Å². The van der Waals surface area contributed by atoms with Crippen LogP contribution in [0.5, 0.6) is 11.5 Å². The van der Waals surface area contributed by atoms with Gasteiger partial charge in [0.1, 0.15) is 11.5 Å². The number of aromatic nitrogens is 1. The third-order valence-corrected chi connectivity index (χ3v) is 9.33. The first-order valence-corrected chi connectivity index (χ1v) is 14.5. The Hall–Kier alpha value is -3.16. The van der Waals surface area contributed by atoms with Crippen LogP contribution in [-0.4, -0.2) is 19.2 Å². The molecule has 38 heavy (non-hydrogen) atoms. The summed E-state index contributed by atoms with van der Waals surface area (Å²) >= 11 is 0. The van der Waals surface area contributed by atoms with Crippen molar-refractivity contribution in [3.05, 3.63) is 95.7 Å². The summed E-state index contributed by atoms with van der Waals surface area (Å²) in [5.41, 5.74) is 6.00. The molecule has 0 amide bonds. The summed E-state index contributed by atoms with van der Waals surface area (Å²) in [5, 5.41) is 3.77. The number of hydrogen-bond acceptors (Lipinski definition) is 3. The zero-order valence-corrected chi connectivity index (χ0v) is 25.1. The predicted molar refractivity (Wildman–Crippen MR) is 164 cm³/mol. The lowest BCUT2D eigenvalue weighted by molar-refractivity contribution is 0.415. The van der Waals surface area contributed by atoms with E-state index in [2.05, 4.69) is 103 Å². The molecule has 1 aromatic heterocycles. The number of pyridine rings is 1. The number of ether oxygens (including phenoxy) is 2. The molecular weight excluding hydrogens is 485 g/mol. The maximum atomic E-state index is 5.68. The molecule has 4 aromatic rings. The summed E-state index contributed by atoms with van der Waals surface area (Å²) in [7, 11) is 2.49. The van der Waals surface area contributed by atoms with E-state index < -0.39 is 7.92 Å². The maximum absolute atomic E-state index is 5.68. The van der Waals surface area contributed by atoms with Crippen LogP contribution in [0.2, 0.25) is 0 Å². The van der Waals surface area contributed by atoms with Crippen LogP contribution in [0, 0.1) is 6.92 Å². The first-order chi connectivity index (χ1) is 17.9. The number of hydrogen-bond donors (Lipinski definition) is 0. The lowest BCUT2D eigenvalue weighted by Gasteiger charge is -2.33. The molecule has 0 N–H and O–H groups in total. The summed E-state index contributed by atoms with van der Waals surface area (Å²) in [6, 6.07) is 26.1. The molecule has 3 aromatic carbocycles. The fourth-order valence-electron chi connectivity index (χ4n) is 4.75. The SMILES string of the molecule is COc1cccc(P(c2cccc(OC)c2)c2cc(C(C)(C)C)cc(C(C)(C)C)c2-c2ncccc2C)c1. The van der Waals surface area contributed by atoms with Gasteiger partial charge in [-0.25, -0.2) is 0 Å². The third-order valence-electron chi connectivity index (χ3n) is 6.90. The zero-order valence-electron chi connectivity index (χ0n) is 24.2. The van der Waals surface area contributed by atoms with E-state index in [0.717, 1.165) is 17.2 Å². The van der Waals surface area contributed by atoms with Crippen molar-refractivity contribution >= 4 is 23.8 Å². The Bertz CT molecular complexity index is 1380. The van der Waals surface area contributed by atoms with Crippen LogP contribution in [0.25, 0.3) is 11.3 Å². The van der Waals surface area contributed by atoms with Crippen molar-refractivity contribution in [2.24, 2.45) is 0 Å².